The van der Waals surface area contributed by atoms with Crippen LogP contribution in [0.2, 0.25) is 5.02 Å². The molecular formula is C9H10BrClN2O2. The first-order valence-corrected chi connectivity index (χ1v) is 5.38. The molecule has 1 amide bonds. The van der Waals surface area contributed by atoms with Crippen LogP contribution in [0.15, 0.2) is 22.7 Å². The number of nitrogens with one attached hydrogen (secondary N) is 1. The highest BCUT2D eigenvalue weighted by Crippen LogP contribution is 2.27. The molecule has 0 aliphatic carbocycles. The van der Waals surface area contributed by atoms with Crippen molar-refractivity contribution < 1.29 is 9.53 Å². The predicted octanol–water partition coefficient (Wildman–Crippen LogP) is 1.86. The van der Waals surface area contributed by atoms with Crippen LogP contribution in [0.4, 0.5) is 0 Å². The SMILES string of the molecule is NNC(=O)CCOc1cc(Br)ccc1Cl. The van der Waals surface area contributed by atoms with Crippen LogP contribution in [0.3, 0.4) is 0 Å². The van der Waals surface area contributed by atoms with E-state index in [-0.39, 0.29) is 18.9 Å². The van der Waals surface area contributed by atoms with Crippen molar-refractivity contribution in [2.24, 2.45) is 5.84 Å². The number of hydrazine groups is 1. The van der Waals surface area contributed by atoms with Gasteiger partial charge >= 0.3 is 0 Å². The lowest BCUT2D eigenvalue weighted by molar-refractivity contribution is -0.121. The van der Waals surface area contributed by atoms with Crippen LogP contribution >= 0.6 is 27.5 Å². The minimum atomic E-state index is -0.277. The highest BCUT2D eigenvalue weighted by molar-refractivity contribution is 9.10. The number of hydrogen-bond donors (Lipinski definition) is 2. The fraction of sp³-hybridized carbons (Fsp3) is 0.222. The van der Waals surface area contributed by atoms with E-state index in [2.05, 4.69) is 15.9 Å². The van der Waals surface area contributed by atoms with Gasteiger partial charge in [-0.25, -0.2) is 5.84 Å². The lowest BCUT2D eigenvalue weighted by Crippen LogP contribution is -2.31. The fourth-order valence-electron chi connectivity index (χ4n) is 0.914. The summed E-state index contributed by atoms with van der Waals surface area (Å²) in [5.41, 5.74) is 2.02. The average molecular weight is 294 g/mol. The second-order valence-corrected chi connectivity index (χ2v) is 4.06. The van der Waals surface area contributed by atoms with Gasteiger partial charge in [0.1, 0.15) is 5.75 Å². The maximum atomic E-state index is 10.8. The van der Waals surface area contributed by atoms with Crippen LogP contribution in [-0.2, 0) is 4.79 Å². The number of benzene rings is 1. The summed E-state index contributed by atoms with van der Waals surface area (Å²) in [5, 5.41) is 0.506. The molecular weight excluding hydrogens is 283 g/mol. The Labute approximate surface area is 101 Å². The number of hydrogen-bond acceptors (Lipinski definition) is 3. The molecule has 1 aromatic rings. The molecule has 0 radical (unpaired) electrons. The zero-order valence-corrected chi connectivity index (χ0v) is 10.1. The highest BCUT2D eigenvalue weighted by atomic mass is 79.9. The first-order valence-electron chi connectivity index (χ1n) is 4.21. The van der Waals surface area contributed by atoms with Gasteiger partial charge in [-0.15, -0.1) is 0 Å². The van der Waals surface area contributed by atoms with E-state index in [1.165, 1.54) is 0 Å². The van der Waals surface area contributed by atoms with Crippen LogP contribution in [-0.4, -0.2) is 12.5 Å². The second kappa shape index (κ2) is 5.95. The zero-order valence-electron chi connectivity index (χ0n) is 7.80. The average Bonchev–Trinajstić information content (AvgIpc) is 2.23. The summed E-state index contributed by atoms with van der Waals surface area (Å²) in [4.78, 5) is 10.8. The Morgan fingerprint density at radius 1 is 1.60 bits per heavy atom. The lowest BCUT2D eigenvalue weighted by atomic mass is 10.3. The standard InChI is InChI=1S/C9H10BrClN2O2/c10-6-1-2-7(11)8(5-6)15-4-3-9(14)13-12/h1-2,5H,3-4,12H2,(H,13,14). The van der Waals surface area contributed by atoms with Gasteiger partial charge in [-0.05, 0) is 18.2 Å². The van der Waals surface area contributed by atoms with Gasteiger partial charge in [-0.2, -0.15) is 0 Å². The number of amides is 1. The van der Waals surface area contributed by atoms with Crippen molar-refractivity contribution in [2.75, 3.05) is 6.61 Å². The van der Waals surface area contributed by atoms with Gasteiger partial charge in [0, 0.05) is 4.47 Å². The van der Waals surface area contributed by atoms with E-state index < -0.39 is 0 Å². The summed E-state index contributed by atoms with van der Waals surface area (Å²) in [6.07, 6.45) is 0.194. The van der Waals surface area contributed by atoms with E-state index in [4.69, 9.17) is 22.2 Å². The van der Waals surface area contributed by atoms with Gasteiger partial charge < -0.3 is 4.74 Å². The summed E-state index contributed by atoms with van der Waals surface area (Å²) < 4.78 is 6.18. The molecule has 0 unspecified atom stereocenters. The lowest BCUT2D eigenvalue weighted by Gasteiger charge is -2.07. The summed E-state index contributed by atoms with van der Waals surface area (Å²) in [6.45, 7) is 0.235. The number of rotatable bonds is 4. The maximum Gasteiger partial charge on any atom is 0.237 e. The van der Waals surface area contributed by atoms with E-state index in [0.29, 0.717) is 10.8 Å². The van der Waals surface area contributed by atoms with Crippen LogP contribution in [0.1, 0.15) is 6.42 Å². The fourth-order valence-corrected chi connectivity index (χ4v) is 1.43. The summed E-state index contributed by atoms with van der Waals surface area (Å²) in [7, 11) is 0. The van der Waals surface area contributed by atoms with E-state index in [9.17, 15) is 4.79 Å². The van der Waals surface area contributed by atoms with Gasteiger partial charge in [-0.1, -0.05) is 27.5 Å². The van der Waals surface area contributed by atoms with Crippen LogP contribution in [0, 0.1) is 0 Å². The number of ether oxygens (including phenoxy) is 1. The summed E-state index contributed by atoms with van der Waals surface area (Å²) >= 11 is 9.17. The van der Waals surface area contributed by atoms with Gasteiger partial charge in [0.2, 0.25) is 5.91 Å². The molecule has 0 saturated carbocycles. The number of nitrogens with two attached hydrogens (primary N) is 1. The van der Waals surface area contributed by atoms with Crippen LogP contribution in [0.5, 0.6) is 5.75 Å². The Bertz CT molecular complexity index is 360. The molecule has 6 heteroatoms. The minimum Gasteiger partial charge on any atom is -0.491 e. The minimum absolute atomic E-state index is 0.194. The summed E-state index contributed by atoms with van der Waals surface area (Å²) in [6, 6.07) is 5.26. The molecule has 0 fully saturated rings. The van der Waals surface area contributed by atoms with Gasteiger partial charge in [-0.3, -0.25) is 10.2 Å². The highest BCUT2D eigenvalue weighted by Gasteiger charge is 2.03. The Kier molecular flexibility index (Phi) is 4.87. The van der Waals surface area contributed by atoms with E-state index in [1.54, 1.807) is 12.1 Å². The quantitative estimate of drug-likeness (QED) is 0.506. The van der Waals surface area contributed by atoms with Crippen molar-refractivity contribution in [3.8, 4) is 5.75 Å². The van der Waals surface area contributed by atoms with Crippen molar-refractivity contribution in [1.82, 2.24) is 5.43 Å². The third-order valence-corrected chi connectivity index (χ3v) is 2.45. The predicted molar refractivity (Wildman–Crippen MR) is 61.6 cm³/mol. The third kappa shape index (κ3) is 4.07. The number of carbonyl (C=O) groups is 1. The Morgan fingerprint density at radius 3 is 3.00 bits per heavy atom. The molecule has 3 N–H and O–H groups in total. The monoisotopic (exact) mass is 292 g/mol. The van der Waals surface area contributed by atoms with E-state index >= 15 is 0 Å². The molecule has 0 heterocycles. The topological polar surface area (TPSA) is 64.3 Å². The zero-order chi connectivity index (χ0) is 11.3. The molecule has 0 aliphatic rings. The molecule has 0 aliphatic heterocycles. The van der Waals surface area contributed by atoms with E-state index in [1.807, 2.05) is 11.5 Å². The first-order chi connectivity index (χ1) is 7.13. The Morgan fingerprint density at radius 2 is 2.33 bits per heavy atom. The normalized spacial score (nSPS) is 9.80. The number of carbonyl (C=O) groups excluding carboxylic acids is 1. The smallest absolute Gasteiger partial charge is 0.237 e. The second-order valence-electron chi connectivity index (χ2n) is 2.74. The number of halogens is 2. The molecule has 0 saturated heterocycles. The molecule has 0 bridgehead atoms. The van der Waals surface area contributed by atoms with E-state index in [0.717, 1.165) is 4.47 Å². The Hall–Kier alpha value is -0.780. The van der Waals surface area contributed by atoms with Crippen molar-refractivity contribution in [2.45, 2.75) is 6.42 Å². The van der Waals surface area contributed by atoms with Crippen molar-refractivity contribution in [3.05, 3.63) is 27.7 Å². The maximum absolute atomic E-state index is 10.8. The van der Waals surface area contributed by atoms with Gasteiger partial charge in [0.25, 0.3) is 0 Å². The molecule has 0 atom stereocenters. The molecule has 82 valence electrons. The first kappa shape index (κ1) is 12.3. The van der Waals surface area contributed by atoms with Crippen molar-refractivity contribution in [1.29, 1.82) is 0 Å². The van der Waals surface area contributed by atoms with Crippen LogP contribution in [0.25, 0.3) is 0 Å². The molecule has 15 heavy (non-hydrogen) atoms. The van der Waals surface area contributed by atoms with Gasteiger partial charge in [0.15, 0.2) is 0 Å². The molecule has 0 aromatic heterocycles. The summed E-state index contributed by atoms with van der Waals surface area (Å²) in [5.74, 6) is 5.18. The van der Waals surface area contributed by atoms with Crippen molar-refractivity contribution >= 4 is 33.4 Å². The molecule has 0 spiro atoms. The third-order valence-electron chi connectivity index (χ3n) is 1.64. The molecule has 1 aromatic carbocycles. The molecule has 4 nitrogen and oxygen atoms in total. The molecule has 1 rings (SSSR count). The largest absolute Gasteiger partial charge is 0.491 e. The van der Waals surface area contributed by atoms with Crippen molar-refractivity contribution in [3.63, 3.8) is 0 Å². The Balaban J connectivity index is 2.50. The van der Waals surface area contributed by atoms with Crippen LogP contribution < -0.4 is 16.0 Å². The van der Waals surface area contributed by atoms with Gasteiger partial charge in [0.05, 0.1) is 18.1 Å².